The fraction of sp³-hybridized carbons (Fsp3) is 0.538. The summed E-state index contributed by atoms with van der Waals surface area (Å²) in [7, 11) is 0. The minimum Gasteiger partial charge on any atom is -0.376 e. The van der Waals surface area contributed by atoms with Crippen molar-refractivity contribution in [3.8, 4) is 0 Å². The monoisotopic (exact) mass is 504 g/mol. The highest BCUT2D eigenvalue weighted by atomic mass is 19.4. The lowest BCUT2D eigenvalue weighted by Crippen LogP contribution is -2.47. The lowest BCUT2D eigenvalue weighted by atomic mass is 9.67. The number of nitrogens with two attached hydrogens (primary N) is 1. The van der Waals surface area contributed by atoms with Crippen LogP contribution in [0.1, 0.15) is 79.9 Å². The molecule has 0 radical (unpaired) electrons. The van der Waals surface area contributed by atoms with Gasteiger partial charge in [-0.3, -0.25) is 19.6 Å². The third kappa shape index (κ3) is 5.23. The van der Waals surface area contributed by atoms with E-state index in [4.69, 9.17) is 5.73 Å². The molecule has 2 saturated carbocycles. The van der Waals surface area contributed by atoms with Gasteiger partial charge in [0, 0.05) is 48.1 Å². The van der Waals surface area contributed by atoms with E-state index in [0.717, 1.165) is 30.7 Å². The van der Waals surface area contributed by atoms with Gasteiger partial charge in [0.25, 0.3) is 5.91 Å². The topological polar surface area (TPSA) is 109 Å². The molecule has 1 atom stereocenters. The van der Waals surface area contributed by atoms with E-state index in [0.29, 0.717) is 44.6 Å². The molecule has 36 heavy (non-hydrogen) atoms. The highest BCUT2D eigenvalue weighted by Crippen LogP contribution is 2.45. The zero-order valence-electron chi connectivity index (χ0n) is 20.2. The maximum absolute atomic E-state index is 13.5. The van der Waals surface area contributed by atoms with Crippen LogP contribution < -0.4 is 5.73 Å². The molecule has 4 rings (SSSR count). The Kier molecular flexibility index (Phi) is 7.10. The molecule has 3 N–H and O–H groups in total. The summed E-state index contributed by atoms with van der Waals surface area (Å²) in [5.74, 6) is -0.590. The standard InChI is InChI=1S/C26H31F3N4O3/c1-24(36,26(27,28)29)18-4-2-17(3-5-18)23(35)33(19-6-7-19)20-8-11-25(12-9-20,13-10-22(30)34)21-16-31-14-15-32-21/h2-5,14-16,19-20,36H,6-13H2,1H3,(H2,30,34)/t20?,24-,25?/m0/s1. The van der Waals surface area contributed by atoms with Crippen molar-refractivity contribution in [2.45, 2.75) is 87.6 Å². The van der Waals surface area contributed by atoms with Crippen LogP contribution in [0.2, 0.25) is 0 Å². The first-order valence-corrected chi connectivity index (χ1v) is 12.2. The SMILES string of the molecule is C[C@](O)(c1ccc(C(=O)N(C2CC2)C2CCC(CCC(N)=O)(c3cnccn3)CC2)cc1)C(F)(F)F. The Hall–Kier alpha value is -3.01. The van der Waals surface area contributed by atoms with Crippen LogP contribution >= 0.6 is 0 Å². The zero-order chi connectivity index (χ0) is 26.1. The smallest absolute Gasteiger partial charge is 0.376 e. The Balaban J connectivity index is 1.51. The van der Waals surface area contributed by atoms with Gasteiger partial charge in [-0.05, 0) is 69.6 Å². The van der Waals surface area contributed by atoms with Crippen LogP contribution in [0.5, 0.6) is 0 Å². The zero-order valence-corrected chi connectivity index (χ0v) is 20.2. The number of amides is 2. The van der Waals surface area contributed by atoms with E-state index in [-0.39, 0.29) is 41.3 Å². The van der Waals surface area contributed by atoms with Crippen molar-refractivity contribution >= 4 is 11.8 Å². The molecule has 194 valence electrons. The third-order valence-corrected chi connectivity index (χ3v) is 7.68. The van der Waals surface area contributed by atoms with Gasteiger partial charge in [0.15, 0.2) is 5.60 Å². The molecule has 0 unspecified atom stereocenters. The lowest BCUT2D eigenvalue weighted by Gasteiger charge is -2.43. The minimum atomic E-state index is -4.83. The molecule has 2 aliphatic carbocycles. The Labute approximate surface area is 207 Å². The summed E-state index contributed by atoms with van der Waals surface area (Å²) in [4.78, 5) is 35.6. The predicted molar refractivity (Wildman–Crippen MR) is 126 cm³/mol. The molecule has 0 spiro atoms. The second-order valence-corrected chi connectivity index (χ2v) is 10.2. The van der Waals surface area contributed by atoms with Gasteiger partial charge in [-0.2, -0.15) is 13.2 Å². The van der Waals surface area contributed by atoms with E-state index in [1.807, 2.05) is 4.90 Å². The van der Waals surface area contributed by atoms with Gasteiger partial charge in [0.1, 0.15) is 0 Å². The number of hydrogen-bond acceptors (Lipinski definition) is 5. The van der Waals surface area contributed by atoms with Gasteiger partial charge in [-0.1, -0.05) is 12.1 Å². The second-order valence-electron chi connectivity index (χ2n) is 10.2. The summed E-state index contributed by atoms with van der Waals surface area (Å²) < 4.78 is 39.6. The van der Waals surface area contributed by atoms with Crippen LogP contribution in [0.4, 0.5) is 13.2 Å². The van der Waals surface area contributed by atoms with E-state index in [1.54, 1.807) is 18.6 Å². The van der Waals surface area contributed by atoms with Crippen molar-refractivity contribution in [1.82, 2.24) is 14.9 Å². The Morgan fingerprint density at radius 1 is 1.08 bits per heavy atom. The quantitative estimate of drug-likeness (QED) is 0.565. The van der Waals surface area contributed by atoms with E-state index < -0.39 is 11.8 Å². The molecule has 7 nitrogen and oxygen atoms in total. The normalized spacial score (nSPS) is 24.1. The summed E-state index contributed by atoms with van der Waals surface area (Å²) in [5.41, 5.74) is 2.89. The molecular formula is C26H31F3N4O3. The van der Waals surface area contributed by atoms with Crippen LogP contribution in [-0.4, -0.2) is 50.0 Å². The number of alkyl halides is 3. The summed E-state index contributed by atoms with van der Waals surface area (Å²) in [6.45, 7) is 0.698. The Bertz CT molecular complexity index is 1080. The summed E-state index contributed by atoms with van der Waals surface area (Å²) in [6.07, 6.45) is 5.55. The van der Waals surface area contributed by atoms with Crippen LogP contribution in [0, 0.1) is 0 Å². The predicted octanol–water partition coefficient (Wildman–Crippen LogP) is 4.00. The average Bonchev–Trinajstić information content (AvgIpc) is 3.69. The number of nitrogens with zero attached hydrogens (tertiary/aromatic N) is 3. The number of benzene rings is 1. The summed E-state index contributed by atoms with van der Waals surface area (Å²) >= 11 is 0. The van der Waals surface area contributed by atoms with Gasteiger partial charge in [-0.25, -0.2) is 0 Å². The van der Waals surface area contributed by atoms with Crippen molar-refractivity contribution in [3.05, 3.63) is 59.7 Å². The van der Waals surface area contributed by atoms with Crippen LogP contribution in [0.15, 0.2) is 42.9 Å². The molecule has 2 amide bonds. The number of carbonyl (C=O) groups is 2. The summed E-state index contributed by atoms with van der Waals surface area (Å²) in [6, 6.07) is 5.11. The minimum absolute atomic E-state index is 0.0265. The molecular weight excluding hydrogens is 473 g/mol. The highest BCUT2D eigenvalue weighted by molar-refractivity contribution is 5.95. The molecule has 2 aliphatic rings. The van der Waals surface area contributed by atoms with Crippen LogP contribution in [0.25, 0.3) is 0 Å². The fourth-order valence-electron chi connectivity index (χ4n) is 5.24. The van der Waals surface area contributed by atoms with E-state index in [9.17, 15) is 27.9 Å². The molecule has 0 saturated heterocycles. The first kappa shape index (κ1) is 26.1. The number of hydrogen-bond donors (Lipinski definition) is 2. The first-order chi connectivity index (χ1) is 16.9. The lowest BCUT2D eigenvalue weighted by molar-refractivity contribution is -0.258. The van der Waals surface area contributed by atoms with E-state index in [1.165, 1.54) is 12.1 Å². The number of aromatic nitrogens is 2. The van der Waals surface area contributed by atoms with Crippen molar-refractivity contribution in [2.75, 3.05) is 0 Å². The maximum Gasteiger partial charge on any atom is 0.421 e. The number of carbonyl (C=O) groups excluding carboxylic acids is 2. The molecule has 2 fully saturated rings. The van der Waals surface area contributed by atoms with Gasteiger partial charge in [-0.15, -0.1) is 0 Å². The number of aliphatic hydroxyl groups is 1. The van der Waals surface area contributed by atoms with E-state index in [2.05, 4.69) is 9.97 Å². The third-order valence-electron chi connectivity index (χ3n) is 7.68. The van der Waals surface area contributed by atoms with Gasteiger partial charge in [0.05, 0.1) is 5.69 Å². The highest BCUT2D eigenvalue weighted by Gasteiger charge is 2.51. The van der Waals surface area contributed by atoms with Crippen LogP contribution in [0.3, 0.4) is 0 Å². The van der Waals surface area contributed by atoms with Crippen molar-refractivity contribution in [1.29, 1.82) is 0 Å². The van der Waals surface area contributed by atoms with Crippen molar-refractivity contribution in [2.24, 2.45) is 5.73 Å². The number of primary amides is 1. The van der Waals surface area contributed by atoms with Crippen molar-refractivity contribution < 1.29 is 27.9 Å². The van der Waals surface area contributed by atoms with Gasteiger partial charge >= 0.3 is 6.18 Å². The molecule has 10 heteroatoms. The Morgan fingerprint density at radius 3 is 2.19 bits per heavy atom. The molecule has 1 aromatic carbocycles. The summed E-state index contributed by atoms with van der Waals surface area (Å²) in [5, 5.41) is 9.93. The maximum atomic E-state index is 13.5. The van der Waals surface area contributed by atoms with Crippen LogP contribution in [-0.2, 0) is 15.8 Å². The van der Waals surface area contributed by atoms with Gasteiger partial charge < -0.3 is 15.7 Å². The molecule has 0 aliphatic heterocycles. The second kappa shape index (κ2) is 9.80. The molecule has 0 bridgehead atoms. The molecule has 1 aromatic heterocycles. The molecule has 1 heterocycles. The van der Waals surface area contributed by atoms with Gasteiger partial charge in [0.2, 0.25) is 5.91 Å². The largest absolute Gasteiger partial charge is 0.421 e. The fourth-order valence-corrected chi connectivity index (χ4v) is 5.24. The number of halogens is 3. The molecule has 2 aromatic rings. The Morgan fingerprint density at radius 2 is 1.69 bits per heavy atom. The van der Waals surface area contributed by atoms with E-state index >= 15 is 0 Å². The van der Waals surface area contributed by atoms with Crippen molar-refractivity contribution in [3.63, 3.8) is 0 Å². The first-order valence-electron chi connectivity index (χ1n) is 12.2. The average molecular weight is 505 g/mol. The number of rotatable bonds is 8.